The van der Waals surface area contributed by atoms with E-state index in [0.29, 0.717) is 18.9 Å². The summed E-state index contributed by atoms with van der Waals surface area (Å²) < 4.78 is 15.8. The molecule has 0 spiro atoms. The molecule has 0 bridgehead atoms. The molecular weight excluding hydrogens is 214 g/mol. The molecule has 0 saturated heterocycles. The van der Waals surface area contributed by atoms with E-state index in [1.807, 2.05) is 6.92 Å². The molecule has 2 unspecified atom stereocenters. The van der Waals surface area contributed by atoms with Crippen LogP contribution >= 0.6 is 0 Å². The fraction of sp³-hybridized carbons (Fsp3) is 0.900. The minimum absolute atomic E-state index is 0.207. The maximum absolute atomic E-state index is 11.4. The molecule has 0 aromatic heterocycles. The number of rotatable bonds is 8. The zero-order valence-corrected chi connectivity index (χ0v) is 10.6. The number of ether oxygens (including phenoxy) is 1. The maximum atomic E-state index is 11.4. The molecule has 0 saturated carbocycles. The van der Waals surface area contributed by atoms with Gasteiger partial charge in [0.05, 0.1) is 6.61 Å². The van der Waals surface area contributed by atoms with Crippen molar-refractivity contribution in [3.8, 4) is 0 Å². The highest BCUT2D eigenvalue weighted by Gasteiger charge is 2.17. The van der Waals surface area contributed by atoms with Gasteiger partial charge in [-0.05, 0) is 13.3 Å². The van der Waals surface area contributed by atoms with Crippen molar-refractivity contribution < 1.29 is 13.7 Å². The lowest BCUT2D eigenvalue weighted by Crippen LogP contribution is -2.39. The lowest BCUT2D eigenvalue weighted by Gasteiger charge is -2.15. The van der Waals surface area contributed by atoms with Crippen LogP contribution in [-0.2, 0) is 20.3 Å². The molecule has 5 heteroatoms. The van der Waals surface area contributed by atoms with Crippen LogP contribution in [0.15, 0.2) is 0 Å². The van der Waals surface area contributed by atoms with Gasteiger partial charge in [0.15, 0.2) is 0 Å². The highest BCUT2D eigenvalue weighted by atomic mass is 32.2. The zero-order valence-electron chi connectivity index (χ0n) is 9.75. The van der Waals surface area contributed by atoms with E-state index >= 15 is 0 Å². The maximum Gasteiger partial charge on any atom is 0.323 e. The van der Waals surface area contributed by atoms with Crippen LogP contribution in [0, 0.1) is 0 Å². The lowest BCUT2D eigenvalue weighted by molar-refractivity contribution is -0.145. The van der Waals surface area contributed by atoms with Gasteiger partial charge in [-0.15, -0.1) is 0 Å². The summed E-state index contributed by atoms with van der Waals surface area (Å²) in [5.41, 5.74) is 0. The first-order valence-corrected chi connectivity index (χ1v) is 7.04. The van der Waals surface area contributed by atoms with Gasteiger partial charge in [-0.3, -0.25) is 9.00 Å². The number of carbonyl (C=O) groups excluding carboxylic acids is 1. The first-order chi connectivity index (χ1) is 7.11. The van der Waals surface area contributed by atoms with E-state index in [1.165, 1.54) is 0 Å². The van der Waals surface area contributed by atoms with Crippen LogP contribution < -0.4 is 5.32 Å². The summed E-state index contributed by atoms with van der Waals surface area (Å²) in [6, 6.07) is -0.251. The largest absolute Gasteiger partial charge is 0.465 e. The monoisotopic (exact) mass is 235 g/mol. The van der Waals surface area contributed by atoms with Crippen molar-refractivity contribution in [1.29, 1.82) is 0 Å². The molecular formula is C10H21NO3S. The highest BCUT2D eigenvalue weighted by Crippen LogP contribution is 1.99. The van der Waals surface area contributed by atoms with Crippen LogP contribution in [0.3, 0.4) is 0 Å². The van der Waals surface area contributed by atoms with Gasteiger partial charge in [0.1, 0.15) is 6.04 Å². The number of esters is 1. The molecule has 0 aliphatic carbocycles. The van der Waals surface area contributed by atoms with E-state index in [4.69, 9.17) is 4.74 Å². The van der Waals surface area contributed by atoms with Gasteiger partial charge >= 0.3 is 5.97 Å². The Bertz CT molecular complexity index is 209. The van der Waals surface area contributed by atoms with Crippen molar-refractivity contribution >= 4 is 16.8 Å². The fourth-order valence-corrected chi connectivity index (χ4v) is 1.62. The Morgan fingerprint density at radius 2 is 2.13 bits per heavy atom. The molecule has 1 N–H and O–H groups in total. The summed E-state index contributed by atoms with van der Waals surface area (Å²) in [5.74, 6) is 0.362. The van der Waals surface area contributed by atoms with Crippen LogP contribution in [-0.4, -0.2) is 41.4 Å². The molecule has 0 aromatic rings. The molecule has 0 fully saturated rings. The first kappa shape index (κ1) is 14.6. The molecule has 0 aliphatic rings. The quantitative estimate of drug-likeness (QED) is 0.629. The molecule has 90 valence electrons. The van der Waals surface area contributed by atoms with Crippen LogP contribution in [0.4, 0.5) is 0 Å². The summed E-state index contributed by atoms with van der Waals surface area (Å²) in [6.07, 6.45) is 3.34. The van der Waals surface area contributed by atoms with Crippen molar-refractivity contribution in [2.75, 3.05) is 25.2 Å². The topological polar surface area (TPSA) is 55.4 Å². The molecule has 0 aromatic carbocycles. The molecule has 0 heterocycles. The Morgan fingerprint density at radius 1 is 1.47 bits per heavy atom. The van der Waals surface area contributed by atoms with Gasteiger partial charge in [-0.2, -0.15) is 0 Å². The van der Waals surface area contributed by atoms with E-state index in [0.717, 1.165) is 12.8 Å². The molecule has 4 nitrogen and oxygen atoms in total. The summed E-state index contributed by atoms with van der Waals surface area (Å²) in [5, 5.41) is 3.07. The average molecular weight is 235 g/mol. The third kappa shape index (κ3) is 7.50. The molecule has 0 aliphatic heterocycles. The zero-order chi connectivity index (χ0) is 11.7. The van der Waals surface area contributed by atoms with E-state index in [9.17, 15) is 9.00 Å². The van der Waals surface area contributed by atoms with E-state index < -0.39 is 10.8 Å². The van der Waals surface area contributed by atoms with Crippen LogP contribution in [0.25, 0.3) is 0 Å². The average Bonchev–Trinajstić information content (AvgIpc) is 2.16. The van der Waals surface area contributed by atoms with E-state index in [2.05, 4.69) is 5.32 Å². The van der Waals surface area contributed by atoms with Gasteiger partial charge in [0.25, 0.3) is 0 Å². The molecule has 0 amide bonds. The van der Waals surface area contributed by atoms with Crippen molar-refractivity contribution in [2.45, 2.75) is 32.7 Å². The highest BCUT2D eigenvalue weighted by molar-refractivity contribution is 7.84. The second kappa shape index (κ2) is 8.85. The number of hydrogen-bond acceptors (Lipinski definition) is 4. The summed E-state index contributed by atoms with van der Waals surface area (Å²) in [4.78, 5) is 11.4. The number of carbonyl (C=O) groups is 1. The van der Waals surface area contributed by atoms with Crippen molar-refractivity contribution in [1.82, 2.24) is 5.32 Å². The molecule has 0 rings (SSSR count). The van der Waals surface area contributed by atoms with E-state index in [1.54, 1.807) is 13.2 Å². The van der Waals surface area contributed by atoms with Crippen molar-refractivity contribution in [3.05, 3.63) is 0 Å². The third-order valence-electron chi connectivity index (χ3n) is 1.93. The number of hydrogen-bond donors (Lipinski definition) is 1. The van der Waals surface area contributed by atoms with Gasteiger partial charge in [0, 0.05) is 29.4 Å². The molecule has 2 atom stereocenters. The Hall–Kier alpha value is -0.420. The Labute approximate surface area is 94.2 Å². The minimum Gasteiger partial charge on any atom is -0.465 e. The standard InChI is InChI=1S/C10H21NO3S/c1-4-6-9(10(12)14-5-2)11-7-8-15(3)13/h9,11H,4-8H2,1-3H3. The predicted molar refractivity (Wildman–Crippen MR) is 62.3 cm³/mol. The minimum atomic E-state index is -0.818. The molecule has 0 radical (unpaired) electrons. The normalized spacial score (nSPS) is 14.6. The van der Waals surface area contributed by atoms with Crippen molar-refractivity contribution in [3.63, 3.8) is 0 Å². The Balaban J connectivity index is 3.91. The summed E-state index contributed by atoms with van der Waals surface area (Å²) in [7, 11) is -0.818. The third-order valence-corrected chi connectivity index (χ3v) is 2.71. The fourth-order valence-electron chi connectivity index (χ4n) is 1.21. The van der Waals surface area contributed by atoms with Gasteiger partial charge in [-0.1, -0.05) is 13.3 Å². The molecule has 15 heavy (non-hydrogen) atoms. The smallest absolute Gasteiger partial charge is 0.323 e. The lowest BCUT2D eigenvalue weighted by atomic mass is 10.2. The van der Waals surface area contributed by atoms with Gasteiger partial charge in [0.2, 0.25) is 0 Å². The second-order valence-corrected chi connectivity index (χ2v) is 4.88. The Kier molecular flexibility index (Phi) is 8.61. The van der Waals surface area contributed by atoms with Crippen LogP contribution in [0.1, 0.15) is 26.7 Å². The Morgan fingerprint density at radius 3 is 2.60 bits per heavy atom. The van der Waals surface area contributed by atoms with Gasteiger partial charge in [-0.25, -0.2) is 0 Å². The summed E-state index contributed by atoms with van der Waals surface area (Å²) in [6.45, 7) is 4.81. The van der Waals surface area contributed by atoms with Crippen LogP contribution in [0.5, 0.6) is 0 Å². The first-order valence-electron chi connectivity index (χ1n) is 5.31. The van der Waals surface area contributed by atoms with E-state index in [-0.39, 0.29) is 12.0 Å². The van der Waals surface area contributed by atoms with Crippen LogP contribution in [0.2, 0.25) is 0 Å². The SMILES string of the molecule is CCCC(NCCS(C)=O)C(=O)OCC. The van der Waals surface area contributed by atoms with Crippen molar-refractivity contribution in [2.24, 2.45) is 0 Å². The number of nitrogens with one attached hydrogen (secondary N) is 1. The second-order valence-electron chi connectivity index (χ2n) is 3.32. The summed E-state index contributed by atoms with van der Waals surface area (Å²) >= 11 is 0. The predicted octanol–water partition coefficient (Wildman–Crippen LogP) is 0.686. The van der Waals surface area contributed by atoms with Gasteiger partial charge < -0.3 is 10.1 Å².